The number of carbonyl (C=O) groups is 2. The summed E-state index contributed by atoms with van der Waals surface area (Å²) in [6.45, 7) is 7.49. The summed E-state index contributed by atoms with van der Waals surface area (Å²) in [5.74, 6) is -0.295. The first-order valence-electron chi connectivity index (χ1n) is 9.97. The highest BCUT2D eigenvalue weighted by atomic mass is 32.2. The zero-order valence-electron chi connectivity index (χ0n) is 18.4. The van der Waals surface area contributed by atoms with E-state index in [0.29, 0.717) is 29.3 Å². The molecule has 9 heteroatoms. The minimum atomic E-state index is -3.77. The average Bonchev–Trinajstić information content (AvgIpc) is 2.68. The zero-order valence-corrected chi connectivity index (χ0v) is 19.2. The molecule has 0 saturated carbocycles. The van der Waals surface area contributed by atoms with Crippen LogP contribution in [0, 0.1) is 0 Å². The third-order valence-corrected chi connectivity index (χ3v) is 5.58. The van der Waals surface area contributed by atoms with Gasteiger partial charge in [-0.3, -0.25) is 13.9 Å². The second-order valence-corrected chi connectivity index (χ2v) is 9.18. The van der Waals surface area contributed by atoms with Crippen molar-refractivity contribution in [2.75, 3.05) is 22.5 Å². The van der Waals surface area contributed by atoms with Crippen LogP contribution in [0.15, 0.2) is 48.5 Å². The summed E-state index contributed by atoms with van der Waals surface area (Å²) < 4.78 is 31.4. The second kappa shape index (κ2) is 10.3. The van der Waals surface area contributed by atoms with Crippen molar-refractivity contribution in [3.8, 4) is 5.75 Å². The SMILES string of the molecule is CCOc1ccc(N(C(C)C(=O)Nc2ccccc2C(=O)NC(C)C)S(C)(=O)=O)cc1. The van der Waals surface area contributed by atoms with Crippen molar-refractivity contribution in [2.24, 2.45) is 0 Å². The Labute approximate surface area is 183 Å². The van der Waals surface area contributed by atoms with Gasteiger partial charge in [0.15, 0.2) is 0 Å². The van der Waals surface area contributed by atoms with Gasteiger partial charge >= 0.3 is 0 Å². The summed E-state index contributed by atoms with van der Waals surface area (Å²) in [5.41, 5.74) is 0.931. The van der Waals surface area contributed by atoms with Crippen LogP contribution in [-0.2, 0) is 14.8 Å². The lowest BCUT2D eigenvalue weighted by atomic mass is 10.1. The van der Waals surface area contributed by atoms with E-state index in [1.807, 2.05) is 20.8 Å². The standard InChI is InChI=1S/C22H29N3O5S/c1-6-30-18-13-11-17(12-14-18)25(31(5,28)29)16(4)21(26)24-20-10-8-7-9-19(20)22(27)23-15(2)3/h7-16H,6H2,1-5H3,(H,23,27)(H,24,26). The van der Waals surface area contributed by atoms with Crippen molar-refractivity contribution >= 4 is 33.2 Å². The van der Waals surface area contributed by atoms with Crippen molar-refractivity contribution in [1.29, 1.82) is 0 Å². The fourth-order valence-electron chi connectivity index (χ4n) is 3.03. The number of sulfonamides is 1. The summed E-state index contributed by atoms with van der Waals surface area (Å²) in [6, 6.07) is 11.9. The molecule has 0 fully saturated rings. The third kappa shape index (κ3) is 6.45. The normalized spacial score (nSPS) is 12.2. The number of nitrogens with zero attached hydrogens (tertiary/aromatic N) is 1. The topological polar surface area (TPSA) is 105 Å². The molecule has 0 aliphatic rings. The van der Waals surface area contributed by atoms with Crippen LogP contribution in [0.25, 0.3) is 0 Å². The average molecular weight is 448 g/mol. The van der Waals surface area contributed by atoms with E-state index < -0.39 is 22.0 Å². The number of ether oxygens (including phenoxy) is 1. The molecule has 0 aliphatic heterocycles. The lowest BCUT2D eigenvalue weighted by Crippen LogP contribution is -2.45. The molecule has 0 heterocycles. The van der Waals surface area contributed by atoms with Gasteiger partial charge in [-0.1, -0.05) is 12.1 Å². The van der Waals surface area contributed by atoms with Crippen molar-refractivity contribution in [1.82, 2.24) is 5.32 Å². The van der Waals surface area contributed by atoms with Crippen LogP contribution in [0.3, 0.4) is 0 Å². The van der Waals surface area contributed by atoms with Gasteiger partial charge in [0.1, 0.15) is 11.8 Å². The predicted octanol–water partition coefficient (Wildman–Crippen LogP) is 3.02. The molecule has 1 unspecified atom stereocenters. The van der Waals surface area contributed by atoms with Gasteiger partial charge in [-0.05, 0) is 64.1 Å². The van der Waals surface area contributed by atoms with Gasteiger partial charge in [-0.2, -0.15) is 0 Å². The van der Waals surface area contributed by atoms with Gasteiger partial charge in [-0.25, -0.2) is 8.42 Å². The number of nitrogens with one attached hydrogen (secondary N) is 2. The van der Waals surface area contributed by atoms with Crippen molar-refractivity contribution in [3.05, 3.63) is 54.1 Å². The molecule has 168 valence electrons. The van der Waals surface area contributed by atoms with Gasteiger partial charge in [0.05, 0.1) is 29.8 Å². The highest BCUT2D eigenvalue weighted by Gasteiger charge is 2.30. The lowest BCUT2D eigenvalue weighted by molar-refractivity contribution is -0.116. The molecule has 0 aromatic heterocycles. The summed E-state index contributed by atoms with van der Waals surface area (Å²) in [4.78, 5) is 25.4. The Morgan fingerprint density at radius 1 is 1.03 bits per heavy atom. The molecule has 2 N–H and O–H groups in total. The fourth-order valence-corrected chi connectivity index (χ4v) is 4.21. The molecule has 0 aliphatic carbocycles. The summed E-state index contributed by atoms with van der Waals surface area (Å²) in [7, 11) is -3.77. The number of amides is 2. The zero-order chi connectivity index (χ0) is 23.2. The summed E-state index contributed by atoms with van der Waals surface area (Å²) in [6.07, 6.45) is 1.04. The first-order valence-corrected chi connectivity index (χ1v) is 11.8. The Balaban J connectivity index is 2.30. The Bertz CT molecular complexity index is 1020. The number of anilines is 2. The van der Waals surface area contributed by atoms with Crippen LogP contribution in [0.2, 0.25) is 0 Å². The lowest BCUT2D eigenvalue weighted by Gasteiger charge is -2.28. The van der Waals surface area contributed by atoms with Crippen molar-refractivity contribution in [3.63, 3.8) is 0 Å². The number of para-hydroxylation sites is 1. The molecule has 0 spiro atoms. The predicted molar refractivity (Wildman–Crippen MR) is 122 cm³/mol. The Morgan fingerprint density at radius 2 is 1.65 bits per heavy atom. The minimum Gasteiger partial charge on any atom is -0.494 e. The van der Waals surface area contributed by atoms with Gasteiger partial charge < -0.3 is 15.4 Å². The van der Waals surface area contributed by atoms with Gasteiger partial charge in [-0.15, -0.1) is 0 Å². The number of hydrogen-bond acceptors (Lipinski definition) is 5. The number of carbonyl (C=O) groups excluding carboxylic acids is 2. The van der Waals surface area contributed by atoms with Crippen LogP contribution in [0.5, 0.6) is 5.75 Å². The minimum absolute atomic E-state index is 0.0735. The van der Waals surface area contributed by atoms with E-state index >= 15 is 0 Å². The van der Waals surface area contributed by atoms with E-state index in [4.69, 9.17) is 4.74 Å². The molecule has 31 heavy (non-hydrogen) atoms. The van der Waals surface area contributed by atoms with Gasteiger partial charge in [0, 0.05) is 6.04 Å². The monoisotopic (exact) mass is 447 g/mol. The molecule has 2 amide bonds. The fraction of sp³-hybridized carbons (Fsp3) is 0.364. The van der Waals surface area contributed by atoms with Crippen molar-refractivity contribution < 1.29 is 22.7 Å². The van der Waals surface area contributed by atoms with E-state index in [2.05, 4.69) is 10.6 Å². The third-order valence-electron chi connectivity index (χ3n) is 4.34. The van der Waals surface area contributed by atoms with E-state index in [9.17, 15) is 18.0 Å². The Morgan fingerprint density at radius 3 is 2.19 bits per heavy atom. The maximum absolute atomic E-state index is 13.0. The molecule has 2 rings (SSSR count). The van der Waals surface area contributed by atoms with E-state index in [1.54, 1.807) is 48.5 Å². The smallest absolute Gasteiger partial charge is 0.253 e. The quantitative estimate of drug-likeness (QED) is 0.615. The number of hydrogen-bond donors (Lipinski definition) is 2. The molecular formula is C22H29N3O5S. The second-order valence-electron chi connectivity index (χ2n) is 7.32. The molecule has 0 radical (unpaired) electrons. The van der Waals surface area contributed by atoms with Gasteiger partial charge in [0.25, 0.3) is 5.91 Å². The van der Waals surface area contributed by atoms with Gasteiger partial charge in [0.2, 0.25) is 15.9 Å². The summed E-state index contributed by atoms with van der Waals surface area (Å²) in [5, 5.41) is 5.47. The van der Waals surface area contributed by atoms with Crippen LogP contribution >= 0.6 is 0 Å². The first kappa shape index (κ1) is 24.2. The molecule has 2 aromatic carbocycles. The molecule has 2 aromatic rings. The summed E-state index contributed by atoms with van der Waals surface area (Å²) >= 11 is 0. The molecule has 8 nitrogen and oxygen atoms in total. The van der Waals surface area contributed by atoms with Crippen LogP contribution in [0.4, 0.5) is 11.4 Å². The highest BCUT2D eigenvalue weighted by Crippen LogP contribution is 2.25. The molecular weight excluding hydrogens is 418 g/mol. The molecule has 0 saturated heterocycles. The van der Waals surface area contributed by atoms with Crippen molar-refractivity contribution in [2.45, 2.75) is 39.8 Å². The first-order chi connectivity index (χ1) is 14.5. The van der Waals surface area contributed by atoms with E-state index in [1.165, 1.54) is 6.92 Å². The number of rotatable bonds is 9. The van der Waals surface area contributed by atoms with E-state index in [-0.39, 0.29) is 11.9 Å². The largest absolute Gasteiger partial charge is 0.494 e. The maximum atomic E-state index is 13.0. The highest BCUT2D eigenvalue weighted by molar-refractivity contribution is 7.92. The molecule has 0 bridgehead atoms. The van der Waals surface area contributed by atoms with Crippen LogP contribution in [0.1, 0.15) is 38.1 Å². The maximum Gasteiger partial charge on any atom is 0.253 e. The van der Waals surface area contributed by atoms with Crippen LogP contribution in [-0.4, -0.2) is 45.2 Å². The molecule has 1 atom stereocenters. The van der Waals surface area contributed by atoms with Crippen LogP contribution < -0.4 is 19.7 Å². The Kier molecular flexibility index (Phi) is 8.04. The Hall–Kier alpha value is -3.07. The van der Waals surface area contributed by atoms with E-state index in [0.717, 1.165) is 10.6 Å². The number of benzene rings is 2.